The highest BCUT2D eigenvalue weighted by molar-refractivity contribution is 5.97. The van der Waals surface area contributed by atoms with Crippen LogP contribution in [0.2, 0.25) is 0 Å². The highest BCUT2D eigenvalue weighted by Gasteiger charge is 2.09. The molecular weight excluding hydrogens is 154 g/mol. The molecule has 0 spiro atoms. The lowest BCUT2D eigenvalue weighted by Gasteiger charge is -2.10. The van der Waals surface area contributed by atoms with Gasteiger partial charge in [0.25, 0.3) is 0 Å². The summed E-state index contributed by atoms with van der Waals surface area (Å²) in [6.07, 6.45) is 7.31. The predicted molar refractivity (Wildman–Crippen MR) is 47.4 cm³/mol. The van der Waals surface area contributed by atoms with Crippen LogP contribution in [0.3, 0.4) is 0 Å². The fraction of sp³-hybridized carbons (Fsp3) is 0.667. The number of allylic oxidation sites excluding steroid dienone is 2. The van der Waals surface area contributed by atoms with Gasteiger partial charge >= 0.3 is 0 Å². The summed E-state index contributed by atoms with van der Waals surface area (Å²) in [6.45, 7) is 0. The largest absolute Gasteiger partial charge is 0.495 e. The number of nitrogens with zero attached hydrogens (tertiary/aromatic N) is 1. The molecule has 0 saturated carbocycles. The predicted octanol–water partition coefficient (Wildman–Crippen LogP) is 2.31. The quantitative estimate of drug-likeness (QED) is 0.483. The van der Waals surface area contributed by atoms with Gasteiger partial charge in [-0.25, -0.2) is 0 Å². The van der Waals surface area contributed by atoms with Crippen molar-refractivity contribution in [2.45, 2.75) is 32.1 Å². The van der Waals surface area contributed by atoms with Gasteiger partial charge in [-0.3, -0.25) is 0 Å². The highest BCUT2D eigenvalue weighted by atomic mass is 16.5. The van der Waals surface area contributed by atoms with E-state index in [1.54, 1.807) is 7.11 Å². The van der Waals surface area contributed by atoms with Crippen LogP contribution in [0.15, 0.2) is 17.0 Å². The van der Waals surface area contributed by atoms with Gasteiger partial charge in [0.15, 0.2) is 0 Å². The van der Waals surface area contributed by atoms with Crippen molar-refractivity contribution in [2.75, 3.05) is 7.11 Å². The molecule has 3 heteroatoms. The molecule has 0 aromatic rings. The molecule has 1 rings (SSSR count). The topological polar surface area (TPSA) is 41.8 Å². The summed E-state index contributed by atoms with van der Waals surface area (Å²) in [5, 5.41) is 11.9. The van der Waals surface area contributed by atoms with E-state index in [9.17, 15) is 0 Å². The molecule has 0 aliphatic heterocycles. The summed E-state index contributed by atoms with van der Waals surface area (Å²) in [4.78, 5) is 0. The average Bonchev–Trinajstić information content (AvgIpc) is 2.05. The van der Waals surface area contributed by atoms with Gasteiger partial charge in [0, 0.05) is 0 Å². The third-order valence-corrected chi connectivity index (χ3v) is 2.07. The van der Waals surface area contributed by atoms with E-state index in [2.05, 4.69) is 5.16 Å². The fourth-order valence-electron chi connectivity index (χ4n) is 1.39. The molecule has 0 fully saturated rings. The maximum Gasteiger partial charge on any atom is 0.139 e. The molecule has 3 nitrogen and oxygen atoms in total. The summed E-state index contributed by atoms with van der Waals surface area (Å²) >= 11 is 0. The SMILES string of the molecule is CO/C1=C/CCCCC\C1=N/O. The first-order valence-corrected chi connectivity index (χ1v) is 4.34. The van der Waals surface area contributed by atoms with Crippen LogP contribution in [0.5, 0.6) is 0 Å². The molecule has 12 heavy (non-hydrogen) atoms. The lowest BCUT2D eigenvalue weighted by atomic mass is 10.0. The summed E-state index contributed by atoms with van der Waals surface area (Å²) in [6, 6.07) is 0. The van der Waals surface area contributed by atoms with E-state index >= 15 is 0 Å². The van der Waals surface area contributed by atoms with E-state index in [4.69, 9.17) is 9.94 Å². The minimum absolute atomic E-state index is 0.678. The van der Waals surface area contributed by atoms with Crippen LogP contribution in [0.4, 0.5) is 0 Å². The molecule has 68 valence electrons. The molecule has 0 amide bonds. The molecule has 0 heterocycles. The van der Waals surface area contributed by atoms with E-state index in [1.165, 1.54) is 12.8 Å². The van der Waals surface area contributed by atoms with Crippen LogP contribution < -0.4 is 0 Å². The Kier molecular flexibility index (Phi) is 3.64. The smallest absolute Gasteiger partial charge is 0.139 e. The first-order valence-electron chi connectivity index (χ1n) is 4.34. The van der Waals surface area contributed by atoms with Crippen LogP contribution in [0, 0.1) is 0 Å². The maximum absolute atomic E-state index is 8.68. The third-order valence-electron chi connectivity index (χ3n) is 2.07. The van der Waals surface area contributed by atoms with Crippen molar-refractivity contribution in [2.24, 2.45) is 5.16 Å². The summed E-state index contributed by atoms with van der Waals surface area (Å²) in [7, 11) is 1.61. The van der Waals surface area contributed by atoms with Crippen LogP contribution in [-0.2, 0) is 4.74 Å². The highest BCUT2D eigenvalue weighted by Crippen LogP contribution is 2.15. The Morgan fingerprint density at radius 3 is 2.92 bits per heavy atom. The van der Waals surface area contributed by atoms with Gasteiger partial charge < -0.3 is 9.94 Å². The van der Waals surface area contributed by atoms with Crippen LogP contribution in [-0.4, -0.2) is 18.0 Å². The van der Waals surface area contributed by atoms with Gasteiger partial charge in [-0.05, 0) is 31.8 Å². The second kappa shape index (κ2) is 4.80. The zero-order valence-corrected chi connectivity index (χ0v) is 7.42. The van der Waals surface area contributed by atoms with E-state index in [0.717, 1.165) is 25.0 Å². The molecule has 1 aliphatic carbocycles. The molecule has 0 aromatic heterocycles. The number of rotatable bonds is 1. The summed E-state index contributed by atoms with van der Waals surface area (Å²) in [5.74, 6) is 0.734. The van der Waals surface area contributed by atoms with Gasteiger partial charge in [-0.1, -0.05) is 11.6 Å². The maximum atomic E-state index is 8.68. The number of methoxy groups -OCH3 is 1. The Morgan fingerprint density at radius 1 is 1.42 bits per heavy atom. The molecule has 1 aliphatic rings. The fourth-order valence-corrected chi connectivity index (χ4v) is 1.39. The van der Waals surface area contributed by atoms with Gasteiger partial charge in [0.05, 0.1) is 7.11 Å². The first kappa shape index (κ1) is 9.10. The Labute approximate surface area is 72.7 Å². The monoisotopic (exact) mass is 169 g/mol. The number of oxime groups is 1. The molecule has 0 atom stereocenters. The second-order valence-corrected chi connectivity index (χ2v) is 2.92. The molecule has 0 unspecified atom stereocenters. The number of hydrogen-bond acceptors (Lipinski definition) is 3. The Balaban J connectivity index is 2.71. The Morgan fingerprint density at radius 2 is 2.25 bits per heavy atom. The first-order chi connectivity index (χ1) is 5.88. The van der Waals surface area contributed by atoms with Crippen molar-refractivity contribution in [1.29, 1.82) is 0 Å². The van der Waals surface area contributed by atoms with Gasteiger partial charge in [-0.15, -0.1) is 0 Å². The van der Waals surface area contributed by atoms with Crippen LogP contribution >= 0.6 is 0 Å². The van der Waals surface area contributed by atoms with Crippen molar-refractivity contribution >= 4 is 5.71 Å². The van der Waals surface area contributed by atoms with E-state index in [0.29, 0.717) is 5.71 Å². The standard InChI is InChI=1S/C9H15NO2/c1-12-9-7-5-3-2-4-6-8(9)10-11/h7,11H,2-6H2,1H3/b9-7+,10-8+. The Bertz CT molecular complexity index is 197. The average molecular weight is 169 g/mol. The van der Waals surface area contributed by atoms with Crippen molar-refractivity contribution in [3.05, 3.63) is 11.8 Å². The molecule has 0 saturated heterocycles. The van der Waals surface area contributed by atoms with Crippen LogP contribution in [0.25, 0.3) is 0 Å². The van der Waals surface area contributed by atoms with Gasteiger partial charge in [0.1, 0.15) is 11.5 Å². The zero-order chi connectivity index (χ0) is 8.81. The van der Waals surface area contributed by atoms with Crippen LogP contribution in [0.1, 0.15) is 32.1 Å². The lowest BCUT2D eigenvalue weighted by molar-refractivity contribution is 0.290. The van der Waals surface area contributed by atoms with Crippen molar-refractivity contribution in [3.8, 4) is 0 Å². The van der Waals surface area contributed by atoms with Gasteiger partial charge in [0.2, 0.25) is 0 Å². The molecule has 0 bridgehead atoms. The van der Waals surface area contributed by atoms with E-state index in [-0.39, 0.29) is 0 Å². The minimum Gasteiger partial charge on any atom is -0.495 e. The molecule has 1 N–H and O–H groups in total. The normalized spacial score (nSPS) is 27.1. The number of ether oxygens (including phenoxy) is 1. The second-order valence-electron chi connectivity index (χ2n) is 2.92. The van der Waals surface area contributed by atoms with Gasteiger partial charge in [-0.2, -0.15) is 0 Å². The lowest BCUT2D eigenvalue weighted by Crippen LogP contribution is -2.07. The molecular formula is C9H15NO2. The van der Waals surface area contributed by atoms with E-state index in [1.807, 2.05) is 6.08 Å². The van der Waals surface area contributed by atoms with E-state index < -0.39 is 0 Å². The Hall–Kier alpha value is -0.990. The molecule has 0 radical (unpaired) electrons. The summed E-state index contributed by atoms with van der Waals surface area (Å²) in [5.41, 5.74) is 0.678. The van der Waals surface area contributed by atoms with Crippen molar-refractivity contribution in [1.82, 2.24) is 0 Å². The zero-order valence-electron chi connectivity index (χ0n) is 7.42. The van der Waals surface area contributed by atoms with Crippen molar-refractivity contribution < 1.29 is 9.94 Å². The third kappa shape index (κ3) is 2.26. The summed E-state index contributed by atoms with van der Waals surface area (Å²) < 4.78 is 5.10. The minimum atomic E-state index is 0.678. The number of hydrogen-bond donors (Lipinski definition) is 1. The molecule has 0 aromatic carbocycles. The van der Waals surface area contributed by atoms with Crippen molar-refractivity contribution in [3.63, 3.8) is 0 Å².